The van der Waals surface area contributed by atoms with Crippen molar-refractivity contribution in [1.82, 2.24) is 0 Å². The van der Waals surface area contributed by atoms with Crippen molar-refractivity contribution in [1.29, 1.82) is 0 Å². The van der Waals surface area contributed by atoms with Gasteiger partial charge in [0.15, 0.2) is 0 Å². The second kappa shape index (κ2) is 4.91. The normalized spacial score (nSPS) is 12.5. The maximum Gasteiger partial charge on any atom is 0.126 e. The fourth-order valence-electron chi connectivity index (χ4n) is 2.18. The Morgan fingerprint density at radius 1 is 0.889 bits per heavy atom. The Labute approximate surface area is 107 Å². The molecule has 0 aliphatic carbocycles. The van der Waals surface area contributed by atoms with Crippen LogP contribution < -0.4 is 5.73 Å². The van der Waals surface area contributed by atoms with Crippen LogP contribution in [-0.2, 0) is 0 Å². The number of nitrogens with two attached hydrogens (primary N) is 1. The van der Waals surface area contributed by atoms with Gasteiger partial charge in [0, 0.05) is 0 Å². The summed E-state index contributed by atoms with van der Waals surface area (Å²) in [6.45, 7) is 5.83. The van der Waals surface area contributed by atoms with Crippen LogP contribution in [0.25, 0.3) is 0 Å². The fraction of sp³-hybridized carbons (Fsp3) is 0.250. The average molecular weight is 243 g/mol. The summed E-state index contributed by atoms with van der Waals surface area (Å²) in [4.78, 5) is 0. The smallest absolute Gasteiger partial charge is 0.126 e. The zero-order valence-corrected chi connectivity index (χ0v) is 11.0. The van der Waals surface area contributed by atoms with E-state index in [0.29, 0.717) is 5.56 Å². The quantitative estimate of drug-likeness (QED) is 0.853. The molecule has 2 rings (SSSR count). The van der Waals surface area contributed by atoms with Gasteiger partial charge < -0.3 is 5.73 Å². The first-order chi connectivity index (χ1) is 8.47. The summed E-state index contributed by atoms with van der Waals surface area (Å²) in [7, 11) is 0. The van der Waals surface area contributed by atoms with Crippen molar-refractivity contribution < 1.29 is 4.39 Å². The molecule has 0 aromatic heterocycles. The first kappa shape index (κ1) is 12.8. The molecule has 0 radical (unpaired) electrons. The third-order valence-corrected chi connectivity index (χ3v) is 3.16. The van der Waals surface area contributed by atoms with Crippen LogP contribution in [0.5, 0.6) is 0 Å². The molecule has 2 heteroatoms. The van der Waals surface area contributed by atoms with Gasteiger partial charge in [0.25, 0.3) is 0 Å². The summed E-state index contributed by atoms with van der Waals surface area (Å²) in [5.41, 5.74) is 11.0. The Hall–Kier alpha value is -1.67. The number of halogens is 1. The van der Waals surface area contributed by atoms with Crippen LogP contribution in [0.15, 0.2) is 36.4 Å². The molecule has 0 saturated carbocycles. The van der Waals surface area contributed by atoms with E-state index >= 15 is 0 Å². The van der Waals surface area contributed by atoms with Gasteiger partial charge >= 0.3 is 0 Å². The maximum atomic E-state index is 13.6. The highest BCUT2D eigenvalue weighted by molar-refractivity contribution is 5.37. The number of hydrogen-bond acceptors (Lipinski definition) is 1. The Kier molecular flexibility index (Phi) is 3.48. The molecular weight excluding hydrogens is 225 g/mol. The Morgan fingerprint density at radius 3 is 2.06 bits per heavy atom. The van der Waals surface area contributed by atoms with E-state index in [4.69, 9.17) is 5.73 Å². The van der Waals surface area contributed by atoms with Crippen LogP contribution in [0.3, 0.4) is 0 Å². The van der Waals surface area contributed by atoms with E-state index in [-0.39, 0.29) is 11.9 Å². The van der Waals surface area contributed by atoms with Crippen molar-refractivity contribution >= 4 is 0 Å². The topological polar surface area (TPSA) is 26.0 Å². The van der Waals surface area contributed by atoms with Gasteiger partial charge in [0.2, 0.25) is 0 Å². The number of aryl methyl sites for hydroxylation is 3. The van der Waals surface area contributed by atoms with E-state index in [1.165, 1.54) is 17.2 Å². The third kappa shape index (κ3) is 2.59. The Morgan fingerprint density at radius 2 is 1.50 bits per heavy atom. The van der Waals surface area contributed by atoms with Gasteiger partial charge in [-0.2, -0.15) is 0 Å². The zero-order chi connectivity index (χ0) is 13.3. The maximum absolute atomic E-state index is 13.6. The molecule has 0 fully saturated rings. The summed E-state index contributed by atoms with van der Waals surface area (Å²) in [5.74, 6) is -0.202. The highest BCUT2D eigenvalue weighted by Gasteiger charge is 2.11. The predicted octanol–water partition coefficient (Wildman–Crippen LogP) is 3.80. The molecule has 0 aliphatic rings. The standard InChI is InChI=1S/C16H18FN/c1-10-6-11(2)8-14(7-10)16(18)13-5-4-12(3)15(17)9-13/h4-9,16H,18H2,1-3H3. The molecule has 94 valence electrons. The van der Waals surface area contributed by atoms with Crippen molar-refractivity contribution in [3.05, 3.63) is 70.0 Å². The molecule has 0 amide bonds. The molecule has 1 nitrogen and oxygen atoms in total. The molecule has 0 aliphatic heterocycles. The highest BCUT2D eigenvalue weighted by Crippen LogP contribution is 2.23. The van der Waals surface area contributed by atoms with Gasteiger partial charge in [-0.15, -0.1) is 0 Å². The van der Waals surface area contributed by atoms with E-state index in [2.05, 4.69) is 18.2 Å². The van der Waals surface area contributed by atoms with Crippen LogP contribution >= 0.6 is 0 Å². The summed E-state index contributed by atoms with van der Waals surface area (Å²) >= 11 is 0. The summed E-state index contributed by atoms with van der Waals surface area (Å²) in [6.07, 6.45) is 0. The van der Waals surface area contributed by atoms with Crippen molar-refractivity contribution in [2.45, 2.75) is 26.8 Å². The summed E-state index contributed by atoms with van der Waals surface area (Å²) in [5, 5.41) is 0. The van der Waals surface area contributed by atoms with E-state index in [0.717, 1.165) is 11.1 Å². The van der Waals surface area contributed by atoms with Gasteiger partial charge in [0.05, 0.1) is 6.04 Å². The molecule has 2 aromatic carbocycles. The van der Waals surface area contributed by atoms with Gasteiger partial charge in [-0.05, 0) is 43.5 Å². The van der Waals surface area contributed by atoms with Gasteiger partial charge in [-0.1, -0.05) is 41.5 Å². The first-order valence-corrected chi connectivity index (χ1v) is 6.07. The molecule has 2 aromatic rings. The lowest BCUT2D eigenvalue weighted by atomic mass is 9.96. The zero-order valence-electron chi connectivity index (χ0n) is 11.0. The minimum absolute atomic E-state index is 0.202. The Balaban J connectivity index is 2.40. The van der Waals surface area contributed by atoms with Crippen molar-refractivity contribution in [3.63, 3.8) is 0 Å². The summed E-state index contributed by atoms with van der Waals surface area (Å²) in [6, 6.07) is 11.1. The second-order valence-corrected chi connectivity index (χ2v) is 4.91. The summed E-state index contributed by atoms with van der Waals surface area (Å²) < 4.78 is 13.6. The van der Waals surface area contributed by atoms with E-state index in [1.54, 1.807) is 13.0 Å². The minimum atomic E-state index is -0.279. The van der Waals surface area contributed by atoms with Crippen molar-refractivity contribution in [2.75, 3.05) is 0 Å². The number of hydrogen-bond donors (Lipinski definition) is 1. The number of rotatable bonds is 2. The van der Waals surface area contributed by atoms with Crippen LogP contribution in [0, 0.1) is 26.6 Å². The van der Waals surface area contributed by atoms with Crippen LogP contribution in [0.1, 0.15) is 33.9 Å². The van der Waals surface area contributed by atoms with Gasteiger partial charge in [0.1, 0.15) is 5.82 Å². The monoisotopic (exact) mass is 243 g/mol. The minimum Gasteiger partial charge on any atom is -0.320 e. The van der Waals surface area contributed by atoms with Gasteiger partial charge in [-0.3, -0.25) is 0 Å². The van der Waals surface area contributed by atoms with Crippen LogP contribution in [0.2, 0.25) is 0 Å². The predicted molar refractivity (Wildman–Crippen MR) is 73.1 cm³/mol. The molecule has 0 saturated heterocycles. The highest BCUT2D eigenvalue weighted by atomic mass is 19.1. The lowest BCUT2D eigenvalue weighted by Crippen LogP contribution is -2.12. The molecule has 18 heavy (non-hydrogen) atoms. The SMILES string of the molecule is Cc1cc(C)cc(C(N)c2ccc(C)c(F)c2)c1. The van der Waals surface area contributed by atoms with E-state index in [9.17, 15) is 4.39 Å². The molecular formula is C16H18FN. The first-order valence-electron chi connectivity index (χ1n) is 6.07. The third-order valence-electron chi connectivity index (χ3n) is 3.16. The fourth-order valence-corrected chi connectivity index (χ4v) is 2.18. The molecule has 0 bridgehead atoms. The molecule has 1 atom stereocenters. The molecule has 0 heterocycles. The lowest BCUT2D eigenvalue weighted by molar-refractivity contribution is 0.614. The van der Waals surface area contributed by atoms with E-state index < -0.39 is 0 Å². The molecule has 0 spiro atoms. The largest absolute Gasteiger partial charge is 0.320 e. The molecule has 1 unspecified atom stereocenters. The average Bonchev–Trinajstić information content (AvgIpc) is 2.30. The second-order valence-electron chi connectivity index (χ2n) is 4.91. The Bertz CT molecular complexity index is 555. The molecule has 2 N–H and O–H groups in total. The lowest BCUT2D eigenvalue weighted by Gasteiger charge is -2.15. The van der Waals surface area contributed by atoms with Crippen molar-refractivity contribution in [3.8, 4) is 0 Å². The van der Waals surface area contributed by atoms with Gasteiger partial charge in [-0.25, -0.2) is 4.39 Å². The van der Waals surface area contributed by atoms with E-state index in [1.807, 2.05) is 19.9 Å². The van der Waals surface area contributed by atoms with Crippen LogP contribution in [0.4, 0.5) is 4.39 Å². The van der Waals surface area contributed by atoms with Crippen molar-refractivity contribution in [2.24, 2.45) is 5.73 Å². The number of benzene rings is 2. The van der Waals surface area contributed by atoms with Crippen LogP contribution in [-0.4, -0.2) is 0 Å².